The molecule has 0 unspecified atom stereocenters. The van der Waals surface area contributed by atoms with Crippen LogP contribution in [0.25, 0.3) is 111 Å². The van der Waals surface area contributed by atoms with Crippen molar-refractivity contribution in [2.24, 2.45) is 0 Å². The van der Waals surface area contributed by atoms with E-state index >= 15 is 0 Å². The number of hydrogen-bond donors (Lipinski definition) is 0. The average molecular weight is 714 g/mol. The minimum Gasteiger partial charge on any atom is -0.309 e. The van der Waals surface area contributed by atoms with Gasteiger partial charge in [-0.2, -0.15) is 0 Å². The summed E-state index contributed by atoms with van der Waals surface area (Å²) < 4.78 is 4.81. The molecule has 12 rings (SSSR count). The first-order valence-corrected chi connectivity index (χ1v) is 19.0. The fourth-order valence-corrected chi connectivity index (χ4v) is 8.89. The molecular weight excluding hydrogens is 683 g/mol. The Labute approximate surface area is 321 Å². The van der Waals surface area contributed by atoms with Crippen molar-refractivity contribution in [2.45, 2.75) is 0 Å². The zero-order chi connectivity index (χ0) is 36.7. The second-order valence-electron chi connectivity index (χ2n) is 14.4. The van der Waals surface area contributed by atoms with Crippen LogP contribution in [-0.4, -0.2) is 24.1 Å². The lowest BCUT2D eigenvalue weighted by atomic mass is 9.95. The van der Waals surface area contributed by atoms with Crippen molar-refractivity contribution < 1.29 is 0 Å². The molecule has 3 aromatic heterocycles. The summed E-state index contributed by atoms with van der Waals surface area (Å²) in [6.45, 7) is 0. The van der Waals surface area contributed by atoms with Crippen molar-refractivity contribution in [2.75, 3.05) is 0 Å². The molecule has 5 nitrogen and oxygen atoms in total. The summed E-state index contributed by atoms with van der Waals surface area (Å²) in [4.78, 5) is 15.0. The summed E-state index contributed by atoms with van der Waals surface area (Å²) in [6, 6.07) is 66.7. The molecular formula is C51H31N5. The van der Waals surface area contributed by atoms with Crippen LogP contribution in [0.15, 0.2) is 188 Å². The molecule has 12 aromatic rings. The van der Waals surface area contributed by atoms with Crippen molar-refractivity contribution in [3.05, 3.63) is 188 Å². The van der Waals surface area contributed by atoms with Gasteiger partial charge in [0.1, 0.15) is 0 Å². The highest BCUT2D eigenvalue weighted by molar-refractivity contribution is 6.34. The first kappa shape index (κ1) is 30.8. The normalized spacial score (nSPS) is 11.9. The molecule has 0 atom stereocenters. The third kappa shape index (κ3) is 4.52. The van der Waals surface area contributed by atoms with Gasteiger partial charge < -0.3 is 9.13 Å². The maximum Gasteiger partial charge on any atom is 0.164 e. The van der Waals surface area contributed by atoms with Gasteiger partial charge in [-0.25, -0.2) is 15.0 Å². The quantitative estimate of drug-likeness (QED) is 0.167. The van der Waals surface area contributed by atoms with Gasteiger partial charge in [0.25, 0.3) is 0 Å². The van der Waals surface area contributed by atoms with E-state index in [9.17, 15) is 0 Å². The highest BCUT2D eigenvalue weighted by Gasteiger charge is 2.21. The molecule has 0 N–H and O–H groups in total. The summed E-state index contributed by atoms with van der Waals surface area (Å²) in [6.07, 6.45) is 0. The van der Waals surface area contributed by atoms with E-state index in [-0.39, 0.29) is 0 Å². The van der Waals surface area contributed by atoms with Gasteiger partial charge in [-0.05, 0) is 70.1 Å². The highest BCUT2D eigenvalue weighted by atomic mass is 15.0. The van der Waals surface area contributed by atoms with E-state index in [4.69, 9.17) is 15.0 Å². The molecule has 5 heteroatoms. The van der Waals surface area contributed by atoms with E-state index in [1.54, 1.807) is 0 Å². The van der Waals surface area contributed by atoms with Gasteiger partial charge in [-0.15, -0.1) is 0 Å². The van der Waals surface area contributed by atoms with Gasteiger partial charge >= 0.3 is 0 Å². The van der Waals surface area contributed by atoms with Crippen LogP contribution in [-0.2, 0) is 0 Å². The van der Waals surface area contributed by atoms with Crippen LogP contribution in [0.4, 0.5) is 0 Å². The van der Waals surface area contributed by atoms with E-state index < -0.39 is 0 Å². The minimum atomic E-state index is 0.632. The molecule has 260 valence electrons. The summed E-state index contributed by atoms with van der Waals surface area (Å²) in [7, 11) is 0. The predicted molar refractivity (Wildman–Crippen MR) is 231 cm³/mol. The van der Waals surface area contributed by atoms with Crippen molar-refractivity contribution in [3.63, 3.8) is 0 Å². The third-order valence-corrected chi connectivity index (χ3v) is 11.3. The number of fused-ring (bicyclic) bond motifs is 6. The summed E-state index contributed by atoms with van der Waals surface area (Å²) in [5, 5.41) is 10.2. The third-order valence-electron chi connectivity index (χ3n) is 11.3. The number of para-hydroxylation sites is 1. The van der Waals surface area contributed by atoms with Crippen LogP contribution in [0.5, 0.6) is 0 Å². The number of nitrogens with zero attached hydrogens (tertiary/aromatic N) is 5. The lowest BCUT2D eigenvalue weighted by molar-refractivity contribution is 1.07. The highest BCUT2D eigenvalue weighted by Crippen LogP contribution is 2.44. The minimum absolute atomic E-state index is 0.632. The molecule has 0 aliphatic heterocycles. The van der Waals surface area contributed by atoms with Crippen LogP contribution in [0.2, 0.25) is 0 Å². The van der Waals surface area contributed by atoms with Crippen LogP contribution in [0.1, 0.15) is 0 Å². The molecule has 0 amide bonds. The largest absolute Gasteiger partial charge is 0.309 e. The molecule has 0 spiro atoms. The van der Waals surface area contributed by atoms with Gasteiger partial charge in [-0.1, -0.05) is 140 Å². The van der Waals surface area contributed by atoms with Crippen LogP contribution in [0, 0.1) is 0 Å². The molecule has 0 bridgehead atoms. The summed E-state index contributed by atoms with van der Waals surface area (Å²) in [5.74, 6) is 1.92. The van der Waals surface area contributed by atoms with E-state index in [2.05, 4.69) is 137 Å². The fourth-order valence-electron chi connectivity index (χ4n) is 8.89. The van der Waals surface area contributed by atoms with Crippen molar-refractivity contribution in [3.8, 4) is 45.5 Å². The fraction of sp³-hybridized carbons (Fsp3) is 0. The zero-order valence-electron chi connectivity index (χ0n) is 30.1. The molecule has 0 fully saturated rings. The maximum atomic E-state index is 5.03. The number of aromatic nitrogens is 5. The Hall–Kier alpha value is -7.63. The standard InChI is InChI=1S/C51H31N5/c1-3-14-32(15-4-1)49-52-50(33-16-5-2-6-17-33)54-51(53-49)34-18-11-19-35(30-34)55-43-25-10-9-22-39(43)42-31-36(28-29-44(42)55)56-45-26-12-23-40-37-20-7-8-21-38(37)41-24-13-27-46(56)48(41)47(40)45/h1-31H. The van der Waals surface area contributed by atoms with Gasteiger partial charge in [0.05, 0.1) is 22.1 Å². The van der Waals surface area contributed by atoms with Gasteiger partial charge in [0, 0.05) is 49.6 Å². The molecule has 0 radical (unpaired) electrons. The lowest BCUT2D eigenvalue weighted by Gasteiger charge is -2.12. The molecule has 3 heterocycles. The molecule has 0 saturated heterocycles. The topological polar surface area (TPSA) is 48.5 Å². The Kier molecular flexibility index (Phi) is 6.56. The van der Waals surface area contributed by atoms with Crippen LogP contribution in [0.3, 0.4) is 0 Å². The SMILES string of the molecule is c1ccc(-c2nc(-c3ccccc3)nc(-c3cccc(-n4c5ccccc5c5cc(-n6c7cccc8c9ccccc9c9cccc6c9c87)ccc54)c3)n2)cc1. The van der Waals surface area contributed by atoms with E-state index in [1.807, 2.05) is 60.7 Å². The van der Waals surface area contributed by atoms with Crippen molar-refractivity contribution >= 4 is 65.2 Å². The predicted octanol–water partition coefficient (Wildman–Crippen LogP) is 12.8. The first-order chi connectivity index (χ1) is 27.8. The number of hydrogen-bond acceptors (Lipinski definition) is 3. The molecule has 0 aliphatic carbocycles. The number of benzene rings is 9. The Balaban J connectivity index is 1.05. The number of rotatable bonds is 5. The summed E-state index contributed by atoms with van der Waals surface area (Å²) in [5.41, 5.74) is 9.72. The average Bonchev–Trinajstić information content (AvgIpc) is 3.80. The van der Waals surface area contributed by atoms with Crippen LogP contribution < -0.4 is 0 Å². The molecule has 9 aromatic carbocycles. The Bertz CT molecular complexity index is 3330. The lowest BCUT2D eigenvalue weighted by Crippen LogP contribution is -2.01. The second-order valence-corrected chi connectivity index (χ2v) is 14.4. The molecule has 0 aliphatic rings. The Morgan fingerprint density at radius 1 is 0.268 bits per heavy atom. The Morgan fingerprint density at radius 3 is 1.32 bits per heavy atom. The second kappa shape index (κ2) is 11.9. The zero-order valence-corrected chi connectivity index (χ0v) is 30.1. The molecule has 56 heavy (non-hydrogen) atoms. The summed E-state index contributed by atoms with van der Waals surface area (Å²) >= 11 is 0. The van der Waals surface area contributed by atoms with Crippen molar-refractivity contribution in [1.29, 1.82) is 0 Å². The van der Waals surface area contributed by atoms with Gasteiger partial charge in [0.2, 0.25) is 0 Å². The van der Waals surface area contributed by atoms with Crippen molar-refractivity contribution in [1.82, 2.24) is 24.1 Å². The maximum absolute atomic E-state index is 5.03. The van der Waals surface area contributed by atoms with Gasteiger partial charge in [0.15, 0.2) is 17.5 Å². The van der Waals surface area contributed by atoms with Crippen LogP contribution >= 0.6 is 0 Å². The van der Waals surface area contributed by atoms with Gasteiger partial charge in [-0.3, -0.25) is 0 Å². The first-order valence-electron chi connectivity index (χ1n) is 19.0. The van der Waals surface area contributed by atoms with E-state index in [0.29, 0.717) is 17.5 Å². The Morgan fingerprint density at radius 2 is 0.696 bits per heavy atom. The smallest absolute Gasteiger partial charge is 0.164 e. The molecule has 0 saturated carbocycles. The monoisotopic (exact) mass is 713 g/mol. The van der Waals surface area contributed by atoms with E-state index in [0.717, 1.165) is 39.1 Å². The van der Waals surface area contributed by atoms with E-state index in [1.165, 1.54) is 54.1 Å².